The third-order valence-electron chi connectivity index (χ3n) is 4.52. The Morgan fingerprint density at radius 2 is 1.84 bits per heavy atom. The van der Waals surface area contributed by atoms with Gasteiger partial charge in [-0.25, -0.2) is 4.98 Å². The van der Waals surface area contributed by atoms with Crippen molar-refractivity contribution in [3.63, 3.8) is 0 Å². The van der Waals surface area contributed by atoms with Gasteiger partial charge in [0.25, 0.3) is 5.89 Å². The molecule has 0 aliphatic rings. The van der Waals surface area contributed by atoms with Gasteiger partial charge in [-0.05, 0) is 42.8 Å². The molecule has 9 heteroatoms. The number of halogens is 3. The van der Waals surface area contributed by atoms with Crippen molar-refractivity contribution in [2.45, 2.75) is 13.1 Å². The zero-order valence-corrected chi connectivity index (χ0v) is 16.6. The molecule has 0 amide bonds. The minimum Gasteiger partial charge on any atom is -0.495 e. The Labute approximate surface area is 175 Å². The van der Waals surface area contributed by atoms with Crippen LogP contribution in [0.15, 0.2) is 59.5 Å². The maximum absolute atomic E-state index is 12.7. The van der Waals surface area contributed by atoms with Gasteiger partial charge in [-0.1, -0.05) is 23.4 Å². The van der Waals surface area contributed by atoms with Crippen molar-refractivity contribution in [2.24, 2.45) is 0 Å². The lowest BCUT2D eigenvalue weighted by Gasteiger charge is -2.09. The molecule has 0 spiro atoms. The summed E-state index contributed by atoms with van der Waals surface area (Å²) in [7, 11) is 1.59. The molecule has 0 bridgehead atoms. The molecule has 0 N–H and O–H groups in total. The van der Waals surface area contributed by atoms with E-state index in [4.69, 9.17) is 9.26 Å². The molecule has 2 aromatic heterocycles. The fourth-order valence-corrected chi connectivity index (χ4v) is 2.96. The van der Waals surface area contributed by atoms with Crippen molar-refractivity contribution >= 4 is 12.2 Å². The van der Waals surface area contributed by atoms with Crippen molar-refractivity contribution in [2.75, 3.05) is 7.11 Å². The lowest BCUT2D eigenvalue weighted by Crippen LogP contribution is -2.04. The van der Waals surface area contributed by atoms with E-state index >= 15 is 0 Å². The quantitative estimate of drug-likeness (QED) is 0.426. The average Bonchev–Trinajstić information content (AvgIpc) is 3.40. The molecular weight excluding hydrogens is 409 g/mol. The summed E-state index contributed by atoms with van der Waals surface area (Å²) in [4.78, 5) is 8.43. The average molecular weight is 426 g/mol. The lowest BCUT2D eigenvalue weighted by molar-refractivity contribution is -0.137. The molecule has 0 atom stereocenters. The van der Waals surface area contributed by atoms with Crippen molar-refractivity contribution in [1.82, 2.24) is 19.7 Å². The first-order valence-electron chi connectivity index (χ1n) is 9.22. The van der Waals surface area contributed by atoms with Crippen LogP contribution in [0.2, 0.25) is 0 Å². The number of hydrogen-bond donors (Lipinski definition) is 0. The zero-order valence-electron chi connectivity index (χ0n) is 16.6. The highest BCUT2D eigenvalue weighted by Crippen LogP contribution is 2.30. The number of nitrogens with zero attached hydrogens (tertiary/aromatic N) is 4. The smallest absolute Gasteiger partial charge is 0.416 e. The Kier molecular flexibility index (Phi) is 5.33. The van der Waals surface area contributed by atoms with Crippen LogP contribution in [0.5, 0.6) is 5.75 Å². The first kappa shape index (κ1) is 20.4. The molecule has 0 aliphatic heterocycles. The summed E-state index contributed by atoms with van der Waals surface area (Å²) in [5, 5.41) is 3.83. The van der Waals surface area contributed by atoms with Gasteiger partial charge in [-0.15, -0.1) is 0 Å². The molecule has 6 nitrogen and oxygen atoms in total. The van der Waals surface area contributed by atoms with Crippen LogP contribution in [0.4, 0.5) is 13.2 Å². The third kappa shape index (κ3) is 4.50. The van der Waals surface area contributed by atoms with Gasteiger partial charge < -0.3 is 13.8 Å². The van der Waals surface area contributed by atoms with Crippen molar-refractivity contribution in [3.8, 4) is 22.8 Å². The monoisotopic (exact) mass is 426 g/mol. The molecule has 2 heterocycles. The number of aromatic nitrogens is 4. The van der Waals surface area contributed by atoms with E-state index < -0.39 is 11.7 Å². The Bertz CT molecular complexity index is 1220. The first-order valence-corrected chi connectivity index (χ1v) is 9.22. The van der Waals surface area contributed by atoms with E-state index in [1.54, 1.807) is 25.6 Å². The van der Waals surface area contributed by atoms with Crippen LogP contribution in [0.25, 0.3) is 29.2 Å². The minimum absolute atomic E-state index is 0.205. The standard InChI is InChI=1S/C22H17F3N4O2/c1-14-12-29(13-26-14)18-9-3-15(11-19(18)30-2)4-10-20-27-21(28-31-20)16-5-7-17(8-6-16)22(23,24)25/h3-13H,1-2H3/b10-4+. The largest absolute Gasteiger partial charge is 0.495 e. The maximum atomic E-state index is 12.7. The van der Waals surface area contributed by atoms with Crippen LogP contribution in [0.3, 0.4) is 0 Å². The second kappa shape index (κ2) is 8.10. The van der Waals surface area contributed by atoms with Crippen molar-refractivity contribution in [1.29, 1.82) is 0 Å². The molecule has 0 fully saturated rings. The Morgan fingerprint density at radius 1 is 1.06 bits per heavy atom. The second-order valence-electron chi connectivity index (χ2n) is 6.72. The Hall–Kier alpha value is -3.88. The number of aryl methyl sites for hydroxylation is 1. The molecule has 0 radical (unpaired) electrons. The van der Waals surface area contributed by atoms with E-state index in [0.717, 1.165) is 29.1 Å². The third-order valence-corrected chi connectivity index (χ3v) is 4.52. The van der Waals surface area contributed by atoms with E-state index in [9.17, 15) is 13.2 Å². The van der Waals surface area contributed by atoms with E-state index in [1.165, 1.54) is 12.1 Å². The molecule has 0 saturated heterocycles. The van der Waals surface area contributed by atoms with Gasteiger partial charge >= 0.3 is 6.18 Å². The highest BCUT2D eigenvalue weighted by molar-refractivity contribution is 5.69. The normalized spacial score (nSPS) is 11.9. The van der Waals surface area contributed by atoms with Gasteiger partial charge in [-0.3, -0.25) is 0 Å². The number of benzene rings is 2. The summed E-state index contributed by atoms with van der Waals surface area (Å²) in [5.41, 5.74) is 2.28. The molecular formula is C22H17F3N4O2. The highest BCUT2D eigenvalue weighted by atomic mass is 19.4. The number of methoxy groups -OCH3 is 1. The first-order chi connectivity index (χ1) is 14.8. The highest BCUT2D eigenvalue weighted by Gasteiger charge is 2.30. The maximum Gasteiger partial charge on any atom is 0.416 e. The predicted molar refractivity (Wildman–Crippen MR) is 109 cm³/mol. The van der Waals surface area contributed by atoms with E-state index in [1.807, 2.05) is 35.9 Å². The van der Waals surface area contributed by atoms with Crippen molar-refractivity contribution < 1.29 is 22.4 Å². The van der Waals surface area contributed by atoms with Crippen molar-refractivity contribution in [3.05, 3.63) is 77.7 Å². The molecule has 158 valence electrons. The number of ether oxygens (including phenoxy) is 1. The summed E-state index contributed by atoms with van der Waals surface area (Å²) in [6.45, 7) is 1.91. The van der Waals surface area contributed by atoms with Crippen LogP contribution >= 0.6 is 0 Å². The molecule has 0 unspecified atom stereocenters. The number of rotatable bonds is 5. The van der Waals surface area contributed by atoms with Gasteiger partial charge in [0.05, 0.1) is 30.4 Å². The summed E-state index contributed by atoms with van der Waals surface area (Å²) in [6.07, 6.45) is 2.61. The van der Waals surface area contributed by atoms with Crippen LogP contribution in [0, 0.1) is 6.92 Å². The van der Waals surface area contributed by atoms with E-state index in [-0.39, 0.29) is 11.7 Å². The number of imidazole rings is 1. The Balaban J connectivity index is 1.52. The lowest BCUT2D eigenvalue weighted by atomic mass is 10.1. The molecule has 31 heavy (non-hydrogen) atoms. The van der Waals surface area contributed by atoms with Crippen LogP contribution in [-0.2, 0) is 6.18 Å². The summed E-state index contributed by atoms with van der Waals surface area (Å²) < 4.78 is 50.6. The molecule has 0 aliphatic carbocycles. The predicted octanol–water partition coefficient (Wildman–Crippen LogP) is 5.43. The van der Waals surface area contributed by atoms with Gasteiger partial charge in [0.1, 0.15) is 5.75 Å². The SMILES string of the molecule is COc1cc(/C=C/c2nc(-c3ccc(C(F)(F)F)cc3)no2)ccc1-n1cnc(C)c1. The summed E-state index contributed by atoms with van der Waals surface area (Å²) in [5.74, 6) is 1.09. The number of hydrogen-bond acceptors (Lipinski definition) is 5. The van der Waals surface area contributed by atoms with Crippen LogP contribution in [0.1, 0.15) is 22.7 Å². The van der Waals surface area contributed by atoms with Crippen LogP contribution < -0.4 is 4.74 Å². The van der Waals surface area contributed by atoms with Gasteiger partial charge in [-0.2, -0.15) is 18.2 Å². The van der Waals surface area contributed by atoms with Gasteiger partial charge in [0, 0.05) is 17.8 Å². The second-order valence-corrected chi connectivity index (χ2v) is 6.72. The van der Waals surface area contributed by atoms with Gasteiger partial charge in [0.15, 0.2) is 0 Å². The van der Waals surface area contributed by atoms with Crippen LogP contribution in [-0.4, -0.2) is 26.8 Å². The fourth-order valence-electron chi connectivity index (χ4n) is 2.96. The van der Waals surface area contributed by atoms with E-state index in [2.05, 4.69) is 15.1 Å². The van der Waals surface area contributed by atoms with Gasteiger partial charge in [0.2, 0.25) is 5.82 Å². The number of alkyl halides is 3. The molecule has 2 aromatic carbocycles. The molecule has 4 aromatic rings. The summed E-state index contributed by atoms with van der Waals surface area (Å²) >= 11 is 0. The fraction of sp³-hybridized carbons (Fsp3) is 0.136. The van der Waals surface area contributed by atoms with E-state index in [0.29, 0.717) is 11.3 Å². The molecule has 4 rings (SSSR count). The minimum atomic E-state index is -4.39. The zero-order chi connectivity index (χ0) is 22.0. The summed E-state index contributed by atoms with van der Waals surface area (Å²) in [6, 6.07) is 10.2. The Morgan fingerprint density at radius 3 is 2.48 bits per heavy atom. The molecule has 0 saturated carbocycles. The topological polar surface area (TPSA) is 66.0 Å².